The van der Waals surface area contributed by atoms with Gasteiger partial charge < -0.3 is 9.84 Å². The molecular formula is C13H7F2NO5. The SMILES string of the molecule is O=C(O)c1c(F)cccc1Oc1cc(F)cc([N+](=O)[O-])c1. The molecule has 0 radical (unpaired) electrons. The normalized spacial score (nSPS) is 10.2. The van der Waals surface area contributed by atoms with E-state index >= 15 is 0 Å². The Balaban J connectivity index is 2.46. The number of nitro benzene ring substituents is 1. The highest BCUT2D eigenvalue weighted by atomic mass is 19.1. The van der Waals surface area contributed by atoms with Crippen molar-refractivity contribution in [2.45, 2.75) is 0 Å². The van der Waals surface area contributed by atoms with Crippen molar-refractivity contribution in [3.05, 3.63) is 63.7 Å². The van der Waals surface area contributed by atoms with Crippen molar-refractivity contribution in [3.63, 3.8) is 0 Å². The van der Waals surface area contributed by atoms with Crippen molar-refractivity contribution in [2.75, 3.05) is 0 Å². The first-order valence-electron chi connectivity index (χ1n) is 5.53. The number of hydrogen-bond donors (Lipinski definition) is 1. The number of benzene rings is 2. The van der Waals surface area contributed by atoms with Crippen LogP contribution in [0.25, 0.3) is 0 Å². The van der Waals surface area contributed by atoms with Crippen LogP contribution in [0, 0.1) is 21.7 Å². The van der Waals surface area contributed by atoms with Crippen molar-refractivity contribution >= 4 is 11.7 Å². The standard InChI is InChI=1S/C13H7F2NO5/c14-7-4-8(16(19)20)6-9(5-7)21-11-3-1-2-10(15)12(11)13(17)18/h1-6H,(H,17,18). The maximum Gasteiger partial charge on any atom is 0.342 e. The molecule has 0 amide bonds. The van der Waals surface area contributed by atoms with Crippen LogP contribution in [0.4, 0.5) is 14.5 Å². The van der Waals surface area contributed by atoms with Crippen LogP contribution < -0.4 is 4.74 Å². The van der Waals surface area contributed by atoms with E-state index in [0.717, 1.165) is 24.3 Å². The van der Waals surface area contributed by atoms with Crippen LogP contribution in [0.3, 0.4) is 0 Å². The molecule has 2 aromatic rings. The molecule has 0 unspecified atom stereocenters. The predicted molar refractivity (Wildman–Crippen MR) is 66.5 cm³/mol. The maximum atomic E-state index is 13.4. The lowest BCUT2D eigenvalue weighted by atomic mass is 10.2. The van der Waals surface area contributed by atoms with E-state index in [2.05, 4.69) is 0 Å². The zero-order valence-electron chi connectivity index (χ0n) is 10.2. The number of hydrogen-bond acceptors (Lipinski definition) is 4. The number of aromatic carboxylic acids is 1. The second-order valence-electron chi connectivity index (χ2n) is 3.92. The van der Waals surface area contributed by atoms with Crippen LogP contribution in [0.1, 0.15) is 10.4 Å². The first kappa shape index (κ1) is 14.4. The summed E-state index contributed by atoms with van der Waals surface area (Å²) >= 11 is 0. The molecule has 21 heavy (non-hydrogen) atoms. The van der Waals surface area contributed by atoms with Crippen molar-refractivity contribution in [1.82, 2.24) is 0 Å². The van der Waals surface area contributed by atoms with Gasteiger partial charge in [-0.1, -0.05) is 6.07 Å². The Labute approximate surface area is 116 Å². The summed E-state index contributed by atoms with van der Waals surface area (Å²) in [4.78, 5) is 20.8. The first-order chi connectivity index (χ1) is 9.88. The number of carbonyl (C=O) groups is 1. The molecule has 108 valence electrons. The zero-order valence-corrected chi connectivity index (χ0v) is 10.2. The lowest BCUT2D eigenvalue weighted by Gasteiger charge is -2.09. The molecule has 0 aliphatic heterocycles. The summed E-state index contributed by atoms with van der Waals surface area (Å²) in [5, 5.41) is 19.5. The average Bonchev–Trinajstić information content (AvgIpc) is 2.37. The minimum Gasteiger partial charge on any atom is -0.477 e. The van der Waals surface area contributed by atoms with Gasteiger partial charge in [0.05, 0.1) is 17.1 Å². The van der Waals surface area contributed by atoms with Crippen molar-refractivity contribution < 1.29 is 28.3 Å². The maximum absolute atomic E-state index is 13.4. The fraction of sp³-hybridized carbons (Fsp3) is 0. The highest BCUT2D eigenvalue weighted by Gasteiger charge is 2.19. The highest BCUT2D eigenvalue weighted by molar-refractivity contribution is 5.91. The molecule has 0 fully saturated rings. The summed E-state index contributed by atoms with van der Waals surface area (Å²) in [5.41, 5.74) is -1.32. The summed E-state index contributed by atoms with van der Waals surface area (Å²) in [6, 6.07) is 5.68. The van der Waals surface area contributed by atoms with Gasteiger partial charge in [0, 0.05) is 6.07 Å². The van der Waals surface area contributed by atoms with Crippen LogP contribution in [-0.4, -0.2) is 16.0 Å². The number of nitrogens with zero attached hydrogens (tertiary/aromatic N) is 1. The van der Waals surface area contributed by atoms with E-state index < -0.39 is 33.8 Å². The molecular weight excluding hydrogens is 288 g/mol. The van der Waals surface area contributed by atoms with Crippen LogP contribution >= 0.6 is 0 Å². The van der Waals surface area contributed by atoms with Crippen LogP contribution in [-0.2, 0) is 0 Å². The van der Waals surface area contributed by atoms with E-state index in [0.29, 0.717) is 6.07 Å². The van der Waals surface area contributed by atoms with Gasteiger partial charge in [-0.3, -0.25) is 10.1 Å². The van der Waals surface area contributed by atoms with Gasteiger partial charge in [-0.15, -0.1) is 0 Å². The van der Waals surface area contributed by atoms with Gasteiger partial charge in [-0.05, 0) is 12.1 Å². The fourth-order valence-corrected chi connectivity index (χ4v) is 1.64. The van der Waals surface area contributed by atoms with Crippen LogP contribution in [0.15, 0.2) is 36.4 Å². The summed E-state index contributed by atoms with van der Waals surface area (Å²) in [5.74, 6) is -4.25. The third-order valence-corrected chi connectivity index (χ3v) is 2.48. The molecule has 8 heteroatoms. The molecule has 0 saturated heterocycles. The molecule has 2 aromatic carbocycles. The van der Waals surface area contributed by atoms with Gasteiger partial charge >= 0.3 is 5.97 Å². The Morgan fingerprint density at radius 3 is 2.57 bits per heavy atom. The number of rotatable bonds is 4. The van der Waals surface area contributed by atoms with E-state index in [1.54, 1.807) is 0 Å². The topological polar surface area (TPSA) is 89.7 Å². The van der Waals surface area contributed by atoms with Crippen LogP contribution in [0.2, 0.25) is 0 Å². The molecule has 0 aliphatic carbocycles. The number of non-ortho nitro benzene ring substituents is 1. The number of ether oxygens (including phenoxy) is 1. The summed E-state index contributed by atoms with van der Waals surface area (Å²) in [6.07, 6.45) is 0. The lowest BCUT2D eigenvalue weighted by molar-refractivity contribution is -0.385. The fourth-order valence-electron chi connectivity index (χ4n) is 1.64. The second kappa shape index (κ2) is 5.53. The summed E-state index contributed by atoms with van der Waals surface area (Å²) in [6.45, 7) is 0. The highest BCUT2D eigenvalue weighted by Crippen LogP contribution is 2.30. The van der Waals surface area contributed by atoms with Gasteiger partial charge in [-0.25, -0.2) is 13.6 Å². The Bertz CT molecular complexity index is 732. The summed E-state index contributed by atoms with van der Waals surface area (Å²) in [7, 11) is 0. The molecule has 0 aliphatic rings. The molecule has 0 spiro atoms. The number of halogens is 2. The smallest absolute Gasteiger partial charge is 0.342 e. The molecule has 2 rings (SSSR count). The number of carboxylic acid groups (broad SMARTS) is 1. The molecule has 0 atom stereocenters. The van der Waals surface area contributed by atoms with Gasteiger partial charge in [0.1, 0.15) is 28.7 Å². The van der Waals surface area contributed by atoms with Crippen molar-refractivity contribution in [2.24, 2.45) is 0 Å². The zero-order chi connectivity index (χ0) is 15.6. The number of carboxylic acids is 1. The van der Waals surface area contributed by atoms with Gasteiger partial charge in [0.25, 0.3) is 5.69 Å². The predicted octanol–water partition coefficient (Wildman–Crippen LogP) is 3.36. The quantitative estimate of drug-likeness (QED) is 0.690. The van der Waals surface area contributed by atoms with E-state index in [4.69, 9.17) is 9.84 Å². The molecule has 6 nitrogen and oxygen atoms in total. The van der Waals surface area contributed by atoms with Crippen molar-refractivity contribution in [3.8, 4) is 11.5 Å². The van der Waals surface area contributed by atoms with Crippen LogP contribution in [0.5, 0.6) is 11.5 Å². The van der Waals surface area contributed by atoms with Gasteiger partial charge in [0.15, 0.2) is 0 Å². The average molecular weight is 295 g/mol. The summed E-state index contributed by atoms with van der Waals surface area (Å²) < 4.78 is 31.8. The third kappa shape index (κ3) is 3.11. The Kier molecular flexibility index (Phi) is 3.79. The molecule has 0 saturated carbocycles. The van der Waals surface area contributed by atoms with Gasteiger partial charge in [-0.2, -0.15) is 0 Å². The van der Waals surface area contributed by atoms with Gasteiger partial charge in [0.2, 0.25) is 0 Å². The molecule has 1 N–H and O–H groups in total. The monoisotopic (exact) mass is 295 g/mol. The Morgan fingerprint density at radius 2 is 1.95 bits per heavy atom. The Hall–Kier alpha value is -3.03. The first-order valence-corrected chi connectivity index (χ1v) is 5.53. The second-order valence-corrected chi connectivity index (χ2v) is 3.92. The van der Waals surface area contributed by atoms with E-state index in [1.165, 1.54) is 6.07 Å². The third-order valence-electron chi connectivity index (χ3n) is 2.48. The largest absolute Gasteiger partial charge is 0.477 e. The Morgan fingerprint density at radius 1 is 1.24 bits per heavy atom. The minimum absolute atomic E-state index is 0.310. The lowest BCUT2D eigenvalue weighted by Crippen LogP contribution is -2.03. The van der Waals surface area contributed by atoms with Crippen molar-refractivity contribution in [1.29, 1.82) is 0 Å². The molecule has 0 aromatic heterocycles. The van der Waals surface area contributed by atoms with E-state index in [1.807, 2.05) is 0 Å². The van der Waals surface area contributed by atoms with E-state index in [-0.39, 0.29) is 11.5 Å². The minimum atomic E-state index is -1.57. The van der Waals surface area contributed by atoms with E-state index in [9.17, 15) is 23.7 Å². The molecule has 0 heterocycles. The molecule has 0 bridgehead atoms. The number of nitro groups is 1.